The van der Waals surface area contributed by atoms with Gasteiger partial charge in [-0.2, -0.15) is 13.1 Å². The molecule has 0 aromatic heterocycles. The number of hydrogen-bond acceptors (Lipinski definition) is 4. The van der Waals surface area contributed by atoms with Gasteiger partial charge in [0, 0.05) is 5.54 Å². The average molecular weight is 288 g/mol. The Morgan fingerprint density at radius 1 is 1.26 bits per heavy atom. The van der Waals surface area contributed by atoms with Crippen LogP contribution < -0.4 is 9.44 Å². The number of rotatable bonds is 4. The van der Waals surface area contributed by atoms with Crippen molar-refractivity contribution in [3.63, 3.8) is 0 Å². The molecule has 106 valence electrons. The Hall–Kier alpha value is -1.80. The lowest BCUT2D eigenvalue weighted by Crippen LogP contribution is -2.43. The summed E-state index contributed by atoms with van der Waals surface area (Å²) in [6, 6.07) is 3.42. The highest BCUT2D eigenvalue weighted by Gasteiger charge is 2.20. The Morgan fingerprint density at radius 3 is 2.32 bits per heavy atom. The highest BCUT2D eigenvalue weighted by molar-refractivity contribution is 7.90. The zero-order valence-corrected chi connectivity index (χ0v) is 11.6. The lowest BCUT2D eigenvalue weighted by atomic mass is 10.1. The topological polar surface area (TPSA) is 116 Å². The van der Waals surface area contributed by atoms with Crippen molar-refractivity contribution < 1.29 is 23.4 Å². The lowest BCUT2D eigenvalue weighted by molar-refractivity contribution is 0.0693. The summed E-state index contributed by atoms with van der Waals surface area (Å²) in [6.07, 6.45) is 0. The fourth-order valence-corrected chi connectivity index (χ4v) is 2.65. The third kappa shape index (κ3) is 4.76. The molecule has 0 spiro atoms. The standard InChI is InChI=1S/C11H16N2O5S/c1-11(2,3)13-19(17,18)12-7-4-5-9(14)8(6-7)10(15)16/h4-6,12-14H,1-3H3,(H,15,16). The van der Waals surface area contributed by atoms with Gasteiger partial charge in [0.1, 0.15) is 11.3 Å². The number of carboxylic acid groups (broad SMARTS) is 1. The van der Waals surface area contributed by atoms with Crippen LogP contribution in [-0.2, 0) is 10.2 Å². The summed E-state index contributed by atoms with van der Waals surface area (Å²) in [4.78, 5) is 10.8. The van der Waals surface area contributed by atoms with E-state index < -0.39 is 27.5 Å². The molecule has 1 aromatic carbocycles. The molecule has 1 aromatic rings. The number of carbonyl (C=O) groups is 1. The predicted octanol–water partition coefficient (Wildman–Crippen LogP) is 1.14. The summed E-state index contributed by atoms with van der Waals surface area (Å²) in [5.41, 5.74) is -0.999. The number of carboxylic acids is 1. The number of anilines is 1. The van der Waals surface area contributed by atoms with E-state index in [4.69, 9.17) is 5.11 Å². The molecule has 8 heteroatoms. The lowest BCUT2D eigenvalue weighted by Gasteiger charge is -2.21. The van der Waals surface area contributed by atoms with E-state index in [0.29, 0.717) is 0 Å². The minimum atomic E-state index is -3.82. The number of hydrogen-bond donors (Lipinski definition) is 4. The van der Waals surface area contributed by atoms with Crippen LogP contribution in [0.1, 0.15) is 31.1 Å². The third-order valence-electron chi connectivity index (χ3n) is 1.92. The van der Waals surface area contributed by atoms with Crippen molar-refractivity contribution in [2.75, 3.05) is 4.72 Å². The van der Waals surface area contributed by atoms with Gasteiger partial charge >= 0.3 is 5.97 Å². The van der Waals surface area contributed by atoms with E-state index in [1.807, 2.05) is 0 Å². The monoisotopic (exact) mass is 288 g/mol. The number of aromatic carboxylic acids is 1. The zero-order chi connectivity index (χ0) is 14.8. The van der Waals surface area contributed by atoms with Crippen molar-refractivity contribution in [3.8, 4) is 5.75 Å². The molecule has 0 fully saturated rings. The second kappa shape index (κ2) is 5.06. The van der Waals surface area contributed by atoms with E-state index in [1.54, 1.807) is 20.8 Å². The Balaban J connectivity index is 3.01. The molecule has 19 heavy (non-hydrogen) atoms. The van der Waals surface area contributed by atoms with E-state index in [-0.39, 0.29) is 11.3 Å². The van der Waals surface area contributed by atoms with Gasteiger partial charge in [-0.15, -0.1) is 0 Å². The second-order valence-electron chi connectivity index (χ2n) is 4.99. The van der Waals surface area contributed by atoms with Gasteiger partial charge < -0.3 is 10.2 Å². The van der Waals surface area contributed by atoms with Crippen LogP contribution in [-0.4, -0.2) is 30.1 Å². The van der Waals surface area contributed by atoms with Crippen LogP contribution in [0.2, 0.25) is 0 Å². The Kier molecular flexibility index (Phi) is 4.06. The highest BCUT2D eigenvalue weighted by atomic mass is 32.2. The van der Waals surface area contributed by atoms with Crippen LogP contribution in [0, 0.1) is 0 Å². The molecule has 0 aliphatic carbocycles. The summed E-state index contributed by atoms with van der Waals surface area (Å²) < 4.78 is 28.0. The summed E-state index contributed by atoms with van der Waals surface area (Å²) in [5, 5.41) is 18.1. The fourth-order valence-electron chi connectivity index (χ4n) is 1.35. The van der Waals surface area contributed by atoms with Gasteiger partial charge in [0.15, 0.2) is 0 Å². The van der Waals surface area contributed by atoms with E-state index >= 15 is 0 Å². The summed E-state index contributed by atoms with van der Waals surface area (Å²) >= 11 is 0. The second-order valence-corrected chi connectivity index (χ2v) is 6.41. The Bertz CT molecular complexity index is 590. The zero-order valence-electron chi connectivity index (χ0n) is 10.8. The largest absolute Gasteiger partial charge is 0.507 e. The fraction of sp³-hybridized carbons (Fsp3) is 0.364. The molecule has 0 saturated carbocycles. The minimum absolute atomic E-state index is 0.0481. The first-order valence-corrected chi connectivity index (χ1v) is 6.86. The van der Waals surface area contributed by atoms with Gasteiger partial charge in [-0.25, -0.2) is 4.79 Å². The van der Waals surface area contributed by atoms with Gasteiger partial charge in [0.25, 0.3) is 10.2 Å². The molecular formula is C11H16N2O5S. The van der Waals surface area contributed by atoms with Crippen molar-refractivity contribution in [1.29, 1.82) is 0 Å². The molecule has 0 unspecified atom stereocenters. The summed E-state index contributed by atoms with van der Waals surface area (Å²) in [7, 11) is -3.82. The van der Waals surface area contributed by atoms with Crippen LogP contribution in [0.4, 0.5) is 5.69 Å². The Labute approximate surface area is 111 Å². The number of phenols is 1. The van der Waals surface area contributed by atoms with Crippen molar-refractivity contribution >= 4 is 21.9 Å². The maximum absolute atomic E-state index is 11.7. The smallest absolute Gasteiger partial charge is 0.339 e. The Morgan fingerprint density at radius 2 is 1.84 bits per heavy atom. The normalized spacial score (nSPS) is 12.2. The molecule has 1 rings (SSSR count). The molecule has 0 amide bonds. The first-order chi connectivity index (χ1) is 8.50. The number of benzene rings is 1. The van der Waals surface area contributed by atoms with Crippen LogP contribution in [0.15, 0.2) is 18.2 Å². The number of nitrogens with one attached hydrogen (secondary N) is 2. The maximum Gasteiger partial charge on any atom is 0.339 e. The average Bonchev–Trinajstić information content (AvgIpc) is 2.16. The SMILES string of the molecule is CC(C)(C)NS(=O)(=O)Nc1ccc(O)c(C(=O)O)c1. The van der Waals surface area contributed by atoms with Gasteiger partial charge in [-0.1, -0.05) is 0 Å². The molecule has 0 heterocycles. The summed E-state index contributed by atoms with van der Waals surface area (Å²) in [6.45, 7) is 5.02. The molecular weight excluding hydrogens is 272 g/mol. The highest BCUT2D eigenvalue weighted by Crippen LogP contribution is 2.22. The van der Waals surface area contributed by atoms with Crippen molar-refractivity contribution in [1.82, 2.24) is 4.72 Å². The van der Waals surface area contributed by atoms with Gasteiger partial charge in [-0.3, -0.25) is 4.72 Å². The van der Waals surface area contributed by atoms with Crippen molar-refractivity contribution in [2.24, 2.45) is 0 Å². The van der Waals surface area contributed by atoms with E-state index in [1.165, 1.54) is 6.07 Å². The van der Waals surface area contributed by atoms with Crippen molar-refractivity contribution in [2.45, 2.75) is 26.3 Å². The van der Waals surface area contributed by atoms with Crippen LogP contribution >= 0.6 is 0 Å². The predicted molar refractivity (Wildman–Crippen MR) is 70.5 cm³/mol. The first-order valence-electron chi connectivity index (χ1n) is 5.38. The minimum Gasteiger partial charge on any atom is -0.507 e. The van der Waals surface area contributed by atoms with Gasteiger partial charge in [-0.05, 0) is 39.0 Å². The van der Waals surface area contributed by atoms with E-state index in [0.717, 1.165) is 12.1 Å². The molecule has 0 aliphatic rings. The molecule has 0 saturated heterocycles. The van der Waals surface area contributed by atoms with Crippen molar-refractivity contribution in [3.05, 3.63) is 23.8 Å². The van der Waals surface area contributed by atoms with Gasteiger partial charge in [0.05, 0.1) is 5.69 Å². The van der Waals surface area contributed by atoms with E-state index in [2.05, 4.69) is 9.44 Å². The van der Waals surface area contributed by atoms with E-state index in [9.17, 15) is 18.3 Å². The maximum atomic E-state index is 11.7. The molecule has 4 N–H and O–H groups in total. The third-order valence-corrected chi connectivity index (χ3v) is 3.31. The number of aromatic hydroxyl groups is 1. The van der Waals surface area contributed by atoms with Gasteiger partial charge in [0.2, 0.25) is 0 Å². The van der Waals surface area contributed by atoms with Crippen LogP contribution in [0.5, 0.6) is 5.75 Å². The molecule has 0 radical (unpaired) electrons. The summed E-state index contributed by atoms with van der Waals surface area (Å²) in [5.74, 6) is -1.78. The molecule has 0 aliphatic heterocycles. The molecule has 0 atom stereocenters. The van der Waals surface area contributed by atoms with Crippen LogP contribution in [0.3, 0.4) is 0 Å². The molecule has 0 bridgehead atoms. The van der Waals surface area contributed by atoms with Crippen LogP contribution in [0.25, 0.3) is 0 Å². The quantitative estimate of drug-likeness (QED) is 0.620. The first kappa shape index (κ1) is 15.3. The molecule has 7 nitrogen and oxygen atoms in total.